The quantitative estimate of drug-likeness (QED) is 0.898. The van der Waals surface area contributed by atoms with Crippen molar-refractivity contribution >= 4 is 6.09 Å². The minimum absolute atomic E-state index is 0.102. The standard InChI is InChI=1S/C14H18F3NO3/c1-13(2,3)18(12(20)21)11(8-19)9-5-4-6-10(7-9)14(15,16)17/h4-7,11,19H,8H2,1-3H3,(H,20,21)/t11-/m1/s1. The van der Waals surface area contributed by atoms with Crippen molar-refractivity contribution in [2.24, 2.45) is 0 Å². The lowest BCUT2D eigenvalue weighted by Gasteiger charge is -2.39. The van der Waals surface area contributed by atoms with Crippen LogP contribution in [-0.2, 0) is 6.18 Å². The molecule has 0 saturated carbocycles. The van der Waals surface area contributed by atoms with E-state index in [0.717, 1.165) is 17.0 Å². The fourth-order valence-electron chi connectivity index (χ4n) is 2.15. The van der Waals surface area contributed by atoms with Crippen LogP contribution in [0.25, 0.3) is 0 Å². The number of carbonyl (C=O) groups is 1. The van der Waals surface area contributed by atoms with E-state index >= 15 is 0 Å². The first-order valence-electron chi connectivity index (χ1n) is 6.28. The van der Waals surface area contributed by atoms with Crippen molar-refractivity contribution in [2.75, 3.05) is 6.61 Å². The van der Waals surface area contributed by atoms with Crippen molar-refractivity contribution in [3.05, 3.63) is 35.4 Å². The van der Waals surface area contributed by atoms with Gasteiger partial charge in [-0.15, -0.1) is 0 Å². The minimum Gasteiger partial charge on any atom is -0.465 e. The highest BCUT2D eigenvalue weighted by molar-refractivity contribution is 5.67. The summed E-state index contributed by atoms with van der Waals surface area (Å²) in [7, 11) is 0. The molecule has 1 amide bonds. The molecule has 0 aliphatic carbocycles. The number of amides is 1. The molecule has 2 N–H and O–H groups in total. The Labute approximate surface area is 120 Å². The van der Waals surface area contributed by atoms with E-state index in [9.17, 15) is 28.2 Å². The predicted octanol–water partition coefficient (Wildman–Crippen LogP) is 3.52. The summed E-state index contributed by atoms with van der Waals surface area (Å²) in [6.07, 6.45) is -5.83. The summed E-state index contributed by atoms with van der Waals surface area (Å²) in [6, 6.07) is 3.27. The van der Waals surface area contributed by atoms with Crippen LogP contribution >= 0.6 is 0 Å². The van der Waals surface area contributed by atoms with E-state index in [1.165, 1.54) is 12.1 Å². The maximum atomic E-state index is 12.7. The number of carboxylic acid groups (broad SMARTS) is 1. The Hall–Kier alpha value is -1.76. The Bertz CT molecular complexity index is 509. The smallest absolute Gasteiger partial charge is 0.416 e. The molecule has 0 saturated heterocycles. The van der Waals surface area contributed by atoms with Gasteiger partial charge in [-0.25, -0.2) is 4.79 Å². The molecule has 0 spiro atoms. The van der Waals surface area contributed by atoms with Gasteiger partial charge in [0.2, 0.25) is 0 Å². The first-order chi connectivity index (χ1) is 9.48. The molecule has 0 aromatic heterocycles. The van der Waals surface area contributed by atoms with Gasteiger partial charge in [-0.3, -0.25) is 4.90 Å². The normalized spacial score (nSPS) is 13.9. The minimum atomic E-state index is -4.52. The molecule has 7 heteroatoms. The molecule has 1 atom stereocenters. The van der Waals surface area contributed by atoms with E-state index in [4.69, 9.17) is 0 Å². The van der Waals surface area contributed by atoms with Crippen molar-refractivity contribution in [2.45, 2.75) is 38.5 Å². The van der Waals surface area contributed by atoms with E-state index < -0.39 is 36.0 Å². The Morgan fingerprint density at radius 1 is 1.29 bits per heavy atom. The molecule has 0 fully saturated rings. The molecule has 0 bridgehead atoms. The number of hydrogen-bond donors (Lipinski definition) is 2. The molecule has 0 unspecified atom stereocenters. The van der Waals surface area contributed by atoms with Crippen molar-refractivity contribution in [3.8, 4) is 0 Å². The molecule has 1 aromatic carbocycles. The van der Waals surface area contributed by atoms with Crippen molar-refractivity contribution in [1.29, 1.82) is 0 Å². The van der Waals surface area contributed by atoms with Crippen LogP contribution in [0.1, 0.15) is 37.9 Å². The monoisotopic (exact) mass is 305 g/mol. The topological polar surface area (TPSA) is 60.8 Å². The Kier molecular flexibility index (Phi) is 4.88. The third-order valence-electron chi connectivity index (χ3n) is 3.01. The zero-order valence-corrected chi connectivity index (χ0v) is 12.0. The fourth-order valence-corrected chi connectivity index (χ4v) is 2.15. The van der Waals surface area contributed by atoms with Gasteiger partial charge in [0, 0.05) is 5.54 Å². The van der Waals surface area contributed by atoms with Crippen molar-refractivity contribution in [1.82, 2.24) is 4.90 Å². The second-order valence-corrected chi connectivity index (χ2v) is 5.64. The Morgan fingerprint density at radius 3 is 2.24 bits per heavy atom. The number of halogens is 3. The SMILES string of the molecule is CC(C)(C)N(C(=O)O)[C@H](CO)c1cccc(C(F)(F)F)c1. The summed E-state index contributed by atoms with van der Waals surface area (Å²) in [5, 5.41) is 18.8. The predicted molar refractivity (Wildman–Crippen MR) is 70.9 cm³/mol. The van der Waals surface area contributed by atoms with Crippen LogP contribution in [0, 0.1) is 0 Å². The van der Waals surface area contributed by atoms with Crippen LogP contribution in [0.3, 0.4) is 0 Å². The summed E-state index contributed by atoms with van der Waals surface area (Å²) < 4.78 is 38.2. The average molecular weight is 305 g/mol. The molecule has 0 aliphatic heterocycles. The Morgan fingerprint density at radius 2 is 1.86 bits per heavy atom. The maximum absolute atomic E-state index is 12.7. The number of alkyl halides is 3. The van der Waals surface area contributed by atoms with E-state index in [-0.39, 0.29) is 5.56 Å². The van der Waals surface area contributed by atoms with Crippen LogP contribution in [0.2, 0.25) is 0 Å². The molecule has 1 aromatic rings. The summed E-state index contributed by atoms with van der Waals surface area (Å²) >= 11 is 0. The van der Waals surface area contributed by atoms with Gasteiger partial charge >= 0.3 is 12.3 Å². The van der Waals surface area contributed by atoms with E-state index in [2.05, 4.69) is 0 Å². The first kappa shape index (κ1) is 17.3. The lowest BCUT2D eigenvalue weighted by molar-refractivity contribution is -0.137. The lowest BCUT2D eigenvalue weighted by atomic mass is 9.97. The van der Waals surface area contributed by atoms with Crippen molar-refractivity contribution < 1.29 is 28.2 Å². The summed E-state index contributed by atoms with van der Waals surface area (Å²) in [5.41, 5.74) is -1.64. The number of aliphatic hydroxyl groups excluding tert-OH is 1. The van der Waals surface area contributed by atoms with Gasteiger partial charge in [0.15, 0.2) is 0 Å². The fraction of sp³-hybridized carbons (Fsp3) is 0.500. The third kappa shape index (κ3) is 4.10. The van der Waals surface area contributed by atoms with Crippen LogP contribution < -0.4 is 0 Å². The highest BCUT2D eigenvalue weighted by Gasteiger charge is 2.36. The van der Waals surface area contributed by atoms with Crippen LogP contribution in [0.4, 0.5) is 18.0 Å². The molecular formula is C14H18F3NO3. The van der Waals surface area contributed by atoms with Gasteiger partial charge in [0.1, 0.15) is 0 Å². The highest BCUT2D eigenvalue weighted by Crippen LogP contribution is 2.33. The van der Waals surface area contributed by atoms with Gasteiger partial charge in [-0.05, 0) is 38.5 Å². The second-order valence-electron chi connectivity index (χ2n) is 5.64. The summed E-state index contributed by atoms with van der Waals surface area (Å²) in [6.45, 7) is 4.22. The average Bonchev–Trinajstić information content (AvgIpc) is 2.32. The van der Waals surface area contributed by atoms with Gasteiger partial charge < -0.3 is 10.2 Å². The third-order valence-corrected chi connectivity index (χ3v) is 3.01. The zero-order chi connectivity index (χ0) is 16.4. The molecule has 0 aliphatic rings. The number of benzene rings is 1. The Balaban J connectivity index is 3.30. The molecule has 4 nitrogen and oxygen atoms in total. The van der Waals surface area contributed by atoms with E-state index in [1.807, 2.05) is 0 Å². The molecule has 118 valence electrons. The van der Waals surface area contributed by atoms with Gasteiger partial charge in [0.05, 0.1) is 18.2 Å². The number of hydrogen-bond acceptors (Lipinski definition) is 2. The van der Waals surface area contributed by atoms with E-state index in [0.29, 0.717) is 0 Å². The van der Waals surface area contributed by atoms with Crippen LogP contribution in [0.5, 0.6) is 0 Å². The van der Waals surface area contributed by atoms with E-state index in [1.54, 1.807) is 20.8 Å². The number of rotatable bonds is 3. The zero-order valence-electron chi connectivity index (χ0n) is 12.0. The molecule has 0 radical (unpaired) electrons. The molecular weight excluding hydrogens is 287 g/mol. The first-order valence-corrected chi connectivity index (χ1v) is 6.28. The molecule has 1 rings (SSSR count). The summed E-state index contributed by atoms with van der Waals surface area (Å²) in [4.78, 5) is 12.3. The molecule has 21 heavy (non-hydrogen) atoms. The highest BCUT2D eigenvalue weighted by atomic mass is 19.4. The maximum Gasteiger partial charge on any atom is 0.416 e. The lowest BCUT2D eigenvalue weighted by Crippen LogP contribution is -2.48. The molecule has 0 heterocycles. The number of nitrogens with zero attached hydrogens (tertiary/aromatic N) is 1. The number of aliphatic hydroxyl groups is 1. The van der Waals surface area contributed by atoms with Gasteiger partial charge in [0.25, 0.3) is 0 Å². The van der Waals surface area contributed by atoms with Crippen LogP contribution in [-0.4, -0.2) is 33.4 Å². The second kappa shape index (κ2) is 5.93. The van der Waals surface area contributed by atoms with Crippen molar-refractivity contribution in [3.63, 3.8) is 0 Å². The van der Waals surface area contributed by atoms with Crippen LogP contribution in [0.15, 0.2) is 24.3 Å². The largest absolute Gasteiger partial charge is 0.465 e. The summed E-state index contributed by atoms with van der Waals surface area (Å²) in [5.74, 6) is 0. The van der Waals surface area contributed by atoms with Gasteiger partial charge in [-0.1, -0.05) is 12.1 Å². The van der Waals surface area contributed by atoms with Gasteiger partial charge in [-0.2, -0.15) is 13.2 Å².